The van der Waals surface area contributed by atoms with Crippen LogP contribution in [-0.4, -0.2) is 33.1 Å². The third-order valence-electron chi connectivity index (χ3n) is 5.13. The van der Waals surface area contributed by atoms with Gasteiger partial charge in [-0.05, 0) is 31.0 Å². The molecule has 3 fully saturated rings. The molecule has 0 amide bonds. The summed E-state index contributed by atoms with van der Waals surface area (Å²) in [5.74, 6) is -0.0845. The average Bonchev–Trinajstić information content (AvgIpc) is 3.18. The molecule has 9 heteroatoms. The molecule has 2 N–H and O–H groups in total. The fourth-order valence-electron chi connectivity index (χ4n) is 4.12. The summed E-state index contributed by atoms with van der Waals surface area (Å²) in [5.41, 5.74) is -1.46. The molecule has 0 radical (unpaired) electrons. The lowest BCUT2D eigenvalue weighted by molar-refractivity contribution is -0.137. The Kier molecular flexibility index (Phi) is 3.35. The first kappa shape index (κ1) is 16.0. The van der Waals surface area contributed by atoms with Gasteiger partial charge in [0.15, 0.2) is 0 Å². The second kappa shape index (κ2) is 5.02. The highest BCUT2D eigenvalue weighted by atomic mass is 32.3. The van der Waals surface area contributed by atoms with Crippen LogP contribution < -0.4 is 4.31 Å². The van der Waals surface area contributed by atoms with E-state index in [1.165, 1.54) is 16.4 Å². The summed E-state index contributed by atoms with van der Waals surface area (Å²) in [6.45, 7) is 0.247. The fourth-order valence-corrected chi connectivity index (χ4v) is 6.57. The van der Waals surface area contributed by atoms with Gasteiger partial charge in [-0.15, -0.1) is 10.8 Å². The molecule has 3 aliphatic rings. The number of nitriles is 1. The van der Waals surface area contributed by atoms with Crippen molar-refractivity contribution in [3.63, 3.8) is 0 Å². The lowest BCUT2D eigenvalue weighted by Crippen LogP contribution is -2.32. The van der Waals surface area contributed by atoms with Gasteiger partial charge in [0.2, 0.25) is 0 Å². The number of hydrogen-bond acceptors (Lipinski definition) is 5. The molecule has 0 saturated carbocycles. The summed E-state index contributed by atoms with van der Waals surface area (Å²) >= 11 is 0. The van der Waals surface area contributed by atoms with E-state index in [-0.39, 0.29) is 30.4 Å². The minimum absolute atomic E-state index is 0.0587. The molecule has 1 aromatic carbocycles. The Hall–Kier alpha value is -1.47. The molecule has 130 valence electrons. The SMILES string of the molecule is N#Cc1ccc(N2C[C@@H]3[C@@H]([C@H]4CC[C@@H]3O4)S2(O)O)cc1C(F)(F)F. The number of hydrogen-bond donors (Lipinski definition) is 2. The van der Waals surface area contributed by atoms with E-state index in [1.54, 1.807) is 0 Å². The molecule has 4 rings (SSSR count). The molecule has 0 aliphatic carbocycles. The lowest BCUT2D eigenvalue weighted by Gasteiger charge is -2.43. The molecule has 3 heterocycles. The molecule has 0 spiro atoms. The Morgan fingerprint density at radius 1 is 1.25 bits per heavy atom. The minimum atomic E-state index is -4.68. The van der Waals surface area contributed by atoms with Gasteiger partial charge in [0.05, 0.1) is 35.1 Å². The summed E-state index contributed by atoms with van der Waals surface area (Å²) in [6.07, 6.45) is -3.39. The number of nitrogens with zero attached hydrogens (tertiary/aromatic N) is 2. The highest BCUT2D eigenvalue weighted by molar-refractivity contribution is 8.26. The van der Waals surface area contributed by atoms with E-state index in [0.717, 1.165) is 25.0 Å². The number of alkyl halides is 3. The van der Waals surface area contributed by atoms with Crippen LogP contribution in [0.15, 0.2) is 18.2 Å². The topological polar surface area (TPSA) is 76.7 Å². The lowest BCUT2D eigenvalue weighted by atomic mass is 9.89. The Morgan fingerprint density at radius 3 is 2.58 bits per heavy atom. The van der Waals surface area contributed by atoms with Crippen LogP contribution in [0.3, 0.4) is 0 Å². The number of ether oxygens (including phenoxy) is 1. The standard InChI is InChI=1S/C15H15F3N2O3S/c16-15(17,18)11-5-9(2-1-8(11)6-19)20-7-10-12-3-4-13(23-12)14(10)24(20,21)22/h1-2,5,10,12-14,21-22H,3-4,7H2/t10-,12-,13+,14-/m0/s1. The Balaban J connectivity index is 1.74. The summed E-state index contributed by atoms with van der Waals surface area (Å²) in [5, 5.41) is 8.42. The predicted octanol–water partition coefficient (Wildman–Crippen LogP) is 3.61. The average molecular weight is 360 g/mol. The van der Waals surface area contributed by atoms with E-state index in [0.29, 0.717) is 0 Å². The smallest absolute Gasteiger partial charge is 0.373 e. The molecule has 0 unspecified atom stereocenters. The van der Waals surface area contributed by atoms with E-state index in [2.05, 4.69) is 0 Å². The molecule has 2 bridgehead atoms. The first-order chi connectivity index (χ1) is 11.2. The van der Waals surface area contributed by atoms with Crippen LogP contribution in [0.25, 0.3) is 0 Å². The largest absolute Gasteiger partial charge is 0.417 e. The maximum Gasteiger partial charge on any atom is 0.417 e. The quantitative estimate of drug-likeness (QED) is 0.800. The maximum absolute atomic E-state index is 13.2. The molecule has 4 atom stereocenters. The first-order valence-electron chi connectivity index (χ1n) is 7.55. The Labute approximate surface area is 138 Å². The van der Waals surface area contributed by atoms with Crippen LogP contribution in [0, 0.1) is 17.2 Å². The Morgan fingerprint density at radius 2 is 1.96 bits per heavy atom. The van der Waals surface area contributed by atoms with Crippen molar-refractivity contribution in [1.82, 2.24) is 0 Å². The van der Waals surface area contributed by atoms with Crippen LogP contribution in [-0.2, 0) is 10.9 Å². The van der Waals surface area contributed by atoms with Crippen molar-refractivity contribution in [2.24, 2.45) is 5.92 Å². The molecule has 3 aliphatic heterocycles. The first-order valence-corrected chi connectivity index (χ1v) is 9.11. The van der Waals surface area contributed by atoms with Gasteiger partial charge in [0.25, 0.3) is 0 Å². The van der Waals surface area contributed by atoms with Crippen molar-refractivity contribution in [3.8, 4) is 6.07 Å². The molecule has 1 aromatic rings. The van der Waals surface area contributed by atoms with E-state index in [1.807, 2.05) is 0 Å². The number of anilines is 1. The fraction of sp³-hybridized carbons (Fsp3) is 0.533. The molecule has 3 saturated heterocycles. The third kappa shape index (κ3) is 2.14. The van der Waals surface area contributed by atoms with Gasteiger partial charge < -0.3 is 4.74 Å². The van der Waals surface area contributed by atoms with Crippen LogP contribution >= 0.6 is 10.8 Å². The number of halogens is 3. The second-order valence-corrected chi connectivity index (χ2v) is 8.49. The summed E-state index contributed by atoms with van der Waals surface area (Å²) in [6, 6.07) is 4.77. The van der Waals surface area contributed by atoms with Crippen LogP contribution in [0.5, 0.6) is 0 Å². The zero-order chi connectivity index (χ0) is 17.3. The summed E-state index contributed by atoms with van der Waals surface area (Å²) in [7, 11) is -3.27. The van der Waals surface area contributed by atoms with E-state index >= 15 is 0 Å². The normalized spacial score (nSPS) is 34.9. The van der Waals surface area contributed by atoms with Crippen molar-refractivity contribution >= 4 is 16.5 Å². The van der Waals surface area contributed by atoms with Gasteiger partial charge in [-0.1, -0.05) is 0 Å². The molecular weight excluding hydrogens is 345 g/mol. The summed E-state index contributed by atoms with van der Waals surface area (Å²) in [4.78, 5) is 0. The van der Waals surface area contributed by atoms with Gasteiger partial charge in [-0.3, -0.25) is 13.4 Å². The maximum atomic E-state index is 13.2. The number of rotatable bonds is 1. The highest BCUT2D eigenvalue weighted by Crippen LogP contribution is 2.65. The van der Waals surface area contributed by atoms with E-state index in [4.69, 9.17) is 10.00 Å². The van der Waals surface area contributed by atoms with Crippen molar-refractivity contribution in [3.05, 3.63) is 29.3 Å². The zero-order valence-corrected chi connectivity index (χ0v) is 13.2. The second-order valence-electron chi connectivity index (χ2n) is 6.38. The van der Waals surface area contributed by atoms with Gasteiger partial charge >= 0.3 is 6.18 Å². The van der Waals surface area contributed by atoms with Crippen molar-refractivity contribution < 1.29 is 27.0 Å². The van der Waals surface area contributed by atoms with Gasteiger partial charge in [-0.2, -0.15) is 18.4 Å². The van der Waals surface area contributed by atoms with Crippen LogP contribution in [0.4, 0.5) is 18.9 Å². The van der Waals surface area contributed by atoms with Crippen LogP contribution in [0.1, 0.15) is 24.0 Å². The van der Waals surface area contributed by atoms with Crippen molar-refractivity contribution in [2.45, 2.75) is 36.5 Å². The third-order valence-corrected chi connectivity index (χ3v) is 7.53. The highest BCUT2D eigenvalue weighted by Gasteiger charge is 2.61. The monoisotopic (exact) mass is 360 g/mol. The minimum Gasteiger partial charge on any atom is -0.373 e. The molecule has 5 nitrogen and oxygen atoms in total. The predicted molar refractivity (Wildman–Crippen MR) is 81.5 cm³/mol. The number of benzene rings is 1. The van der Waals surface area contributed by atoms with Gasteiger partial charge in [0.1, 0.15) is 5.25 Å². The molecule has 0 aromatic heterocycles. The van der Waals surface area contributed by atoms with Crippen molar-refractivity contribution in [1.29, 1.82) is 5.26 Å². The van der Waals surface area contributed by atoms with Crippen LogP contribution in [0.2, 0.25) is 0 Å². The van der Waals surface area contributed by atoms with Crippen molar-refractivity contribution in [2.75, 3.05) is 10.8 Å². The van der Waals surface area contributed by atoms with Gasteiger partial charge in [0, 0.05) is 12.5 Å². The Bertz CT molecular complexity index is 734. The zero-order valence-electron chi connectivity index (χ0n) is 12.4. The van der Waals surface area contributed by atoms with E-state index in [9.17, 15) is 22.3 Å². The van der Waals surface area contributed by atoms with E-state index < -0.39 is 33.3 Å². The summed E-state index contributed by atoms with van der Waals surface area (Å²) < 4.78 is 67.8. The molecule has 24 heavy (non-hydrogen) atoms. The van der Waals surface area contributed by atoms with Gasteiger partial charge in [-0.25, -0.2) is 0 Å². The molecular formula is C15H15F3N2O3S. The number of fused-ring (bicyclic) bond motifs is 5.